The first kappa shape index (κ1) is 23.1. The van der Waals surface area contributed by atoms with E-state index in [1.54, 1.807) is 19.1 Å². The van der Waals surface area contributed by atoms with E-state index < -0.39 is 16.7 Å². The van der Waals surface area contributed by atoms with Crippen molar-refractivity contribution in [2.75, 3.05) is 49.5 Å². The van der Waals surface area contributed by atoms with Crippen molar-refractivity contribution in [3.8, 4) is 0 Å². The summed E-state index contributed by atoms with van der Waals surface area (Å²) in [6.07, 6.45) is 0.661. The van der Waals surface area contributed by atoms with Gasteiger partial charge in [0.15, 0.2) is 0 Å². The topological polar surface area (TPSA) is 108 Å². The highest BCUT2D eigenvalue weighted by Gasteiger charge is 2.20. The number of nitro benzene ring substituents is 1. The van der Waals surface area contributed by atoms with Crippen LogP contribution in [0.3, 0.4) is 0 Å². The highest BCUT2D eigenvalue weighted by Crippen LogP contribution is 2.22. The number of anilines is 2. The van der Waals surface area contributed by atoms with Crippen molar-refractivity contribution >= 4 is 28.9 Å². The molecule has 1 heterocycles. The Labute approximate surface area is 185 Å². The molecule has 0 bridgehead atoms. The zero-order chi connectivity index (χ0) is 23.1. The Bertz CT molecular complexity index is 992. The molecule has 32 heavy (non-hydrogen) atoms. The molecule has 0 saturated carbocycles. The lowest BCUT2D eigenvalue weighted by Crippen LogP contribution is -2.47. The molecule has 1 aliphatic rings. The van der Waals surface area contributed by atoms with E-state index in [9.17, 15) is 24.1 Å². The van der Waals surface area contributed by atoms with E-state index in [2.05, 4.69) is 15.5 Å². The predicted molar refractivity (Wildman–Crippen MR) is 119 cm³/mol. The number of rotatable bonds is 7. The number of carbonyl (C=O) groups excluding carboxylic acids is 2. The summed E-state index contributed by atoms with van der Waals surface area (Å²) in [6.45, 7) is 5.77. The maximum atomic E-state index is 13.9. The molecule has 0 aromatic heterocycles. The van der Waals surface area contributed by atoms with Crippen LogP contribution in [0.1, 0.15) is 12.0 Å². The first-order chi connectivity index (χ1) is 15.3. The van der Waals surface area contributed by atoms with Crippen LogP contribution in [0, 0.1) is 22.9 Å². The van der Waals surface area contributed by atoms with Gasteiger partial charge in [-0.25, -0.2) is 4.39 Å². The molecule has 1 saturated heterocycles. The molecule has 0 spiro atoms. The van der Waals surface area contributed by atoms with Crippen LogP contribution in [0.5, 0.6) is 0 Å². The SMILES string of the molecule is Cc1ccc([N+](=O)[O-])cc1NC(=O)C(=O)NCCCN1CCN(c2ccccc2F)CC1. The van der Waals surface area contributed by atoms with Crippen LogP contribution in [-0.4, -0.2) is 60.9 Å². The van der Waals surface area contributed by atoms with Crippen molar-refractivity contribution in [3.63, 3.8) is 0 Å². The Balaban J connectivity index is 1.37. The lowest BCUT2D eigenvalue weighted by molar-refractivity contribution is -0.384. The highest BCUT2D eigenvalue weighted by atomic mass is 19.1. The standard InChI is InChI=1S/C22H26FN5O4/c1-16-7-8-17(28(31)32)15-19(16)25-22(30)21(29)24-9-4-10-26-11-13-27(14-12-26)20-6-3-2-5-18(20)23/h2-3,5-8,15H,4,9-14H2,1H3,(H,24,29)(H,25,30). The summed E-state index contributed by atoms with van der Waals surface area (Å²) in [5, 5.41) is 15.9. The van der Waals surface area contributed by atoms with E-state index >= 15 is 0 Å². The second-order valence-corrected chi connectivity index (χ2v) is 7.60. The second-order valence-electron chi connectivity index (χ2n) is 7.60. The molecule has 0 aliphatic carbocycles. The number of para-hydroxylation sites is 1. The minimum Gasteiger partial charge on any atom is -0.367 e. The Morgan fingerprint density at radius 3 is 2.50 bits per heavy atom. The fourth-order valence-corrected chi connectivity index (χ4v) is 3.54. The fraction of sp³-hybridized carbons (Fsp3) is 0.364. The molecule has 2 amide bonds. The third-order valence-electron chi connectivity index (χ3n) is 5.39. The number of carbonyl (C=O) groups is 2. The largest absolute Gasteiger partial charge is 0.367 e. The van der Waals surface area contributed by atoms with Gasteiger partial charge in [-0.1, -0.05) is 18.2 Å². The van der Waals surface area contributed by atoms with Gasteiger partial charge in [0.1, 0.15) is 5.82 Å². The molecule has 0 unspecified atom stereocenters. The molecular formula is C22H26FN5O4. The first-order valence-corrected chi connectivity index (χ1v) is 10.4. The summed E-state index contributed by atoms with van der Waals surface area (Å²) in [5.41, 5.74) is 1.30. The van der Waals surface area contributed by atoms with Gasteiger partial charge in [-0.2, -0.15) is 0 Å². The molecule has 170 valence electrons. The van der Waals surface area contributed by atoms with Crippen LogP contribution in [0.2, 0.25) is 0 Å². The number of halogens is 1. The number of nitrogens with zero attached hydrogens (tertiary/aromatic N) is 3. The van der Waals surface area contributed by atoms with Gasteiger partial charge in [-0.15, -0.1) is 0 Å². The quantitative estimate of drug-likeness (QED) is 0.294. The van der Waals surface area contributed by atoms with Crippen LogP contribution < -0.4 is 15.5 Å². The molecule has 9 nitrogen and oxygen atoms in total. The Kier molecular flexibility index (Phi) is 7.72. The number of hydrogen-bond acceptors (Lipinski definition) is 6. The third kappa shape index (κ3) is 6.01. The first-order valence-electron chi connectivity index (χ1n) is 10.4. The second kappa shape index (κ2) is 10.7. The van der Waals surface area contributed by atoms with Gasteiger partial charge in [0.05, 0.1) is 16.3 Å². The third-order valence-corrected chi connectivity index (χ3v) is 5.39. The number of benzene rings is 2. The Morgan fingerprint density at radius 2 is 1.81 bits per heavy atom. The van der Waals surface area contributed by atoms with Gasteiger partial charge in [0, 0.05) is 44.9 Å². The van der Waals surface area contributed by atoms with Gasteiger partial charge in [-0.05, 0) is 37.6 Å². The van der Waals surface area contributed by atoms with Crippen molar-refractivity contribution in [3.05, 3.63) is 64.0 Å². The molecular weight excluding hydrogens is 417 g/mol. The van der Waals surface area contributed by atoms with Gasteiger partial charge >= 0.3 is 11.8 Å². The number of non-ortho nitro benzene ring substituents is 1. The van der Waals surface area contributed by atoms with Gasteiger partial charge in [0.25, 0.3) is 5.69 Å². The minimum absolute atomic E-state index is 0.165. The number of nitrogens with one attached hydrogen (secondary N) is 2. The minimum atomic E-state index is -0.868. The van der Waals surface area contributed by atoms with Crippen LogP contribution in [-0.2, 0) is 9.59 Å². The number of hydrogen-bond donors (Lipinski definition) is 2. The number of piperazine rings is 1. The van der Waals surface area contributed by atoms with Crippen LogP contribution in [0.15, 0.2) is 42.5 Å². The van der Waals surface area contributed by atoms with Crippen molar-refractivity contribution in [2.24, 2.45) is 0 Å². The molecule has 0 atom stereocenters. The van der Waals surface area contributed by atoms with Crippen molar-refractivity contribution in [1.29, 1.82) is 0 Å². The average molecular weight is 443 g/mol. The molecule has 1 aliphatic heterocycles. The maximum absolute atomic E-state index is 13.9. The Hall–Kier alpha value is -3.53. The lowest BCUT2D eigenvalue weighted by Gasteiger charge is -2.36. The molecule has 10 heteroatoms. The van der Waals surface area contributed by atoms with Crippen LogP contribution in [0.25, 0.3) is 0 Å². The summed E-state index contributed by atoms with van der Waals surface area (Å²) < 4.78 is 13.9. The zero-order valence-electron chi connectivity index (χ0n) is 17.8. The molecule has 2 aromatic rings. The molecule has 0 radical (unpaired) electrons. The van der Waals surface area contributed by atoms with E-state index in [0.29, 0.717) is 24.2 Å². The molecule has 3 rings (SSSR count). The van der Waals surface area contributed by atoms with Gasteiger partial charge in [-0.3, -0.25) is 24.6 Å². The maximum Gasteiger partial charge on any atom is 0.313 e. The number of amides is 2. The van der Waals surface area contributed by atoms with E-state index in [1.807, 2.05) is 11.0 Å². The number of aryl methyl sites for hydroxylation is 1. The smallest absolute Gasteiger partial charge is 0.313 e. The summed E-state index contributed by atoms with van der Waals surface area (Å²) >= 11 is 0. The van der Waals surface area contributed by atoms with Crippen molar-refractivity contribution in [2.45, 2.75) is 13.3 Å². The molecule has 2 aromatic carbocycles. The van der Waals surface area contributed by atoms with Crippen LogP contribution >= 0.6 is 0 Å². The van der Waals surface area contributed by atoms with E-state index in [0.717, 1.165) is 32.7 Å². The predicted octanol–water partition coefficient (Wildman–Crippen LogP) is 2.31. The summed E-state index contributed by atoms with van der Waals surface area (Å²) in [5.74, 6) is -1.88. The summed E-state index contributed by atoms with van der Waals surface area (Å²) in [4.78, 5) is 38.7. The van der Waals surface area contributed by atoms with Crippen LogP contribution in [0.4, 0.5) is 21.5 Å². The van der Waals surface area contributed by atoms with E-state index in [1.165, 1.54) is 24.3 Å². The summed E-state index contributed by atoms with van der Waals surface area (Å²) in [6, 6.07) is 10.8. The Morgan fingerprint density at radius 1 is 1.09 bits per heavy atom. The lowest BCUT2D eigenvalue weighted by atomic mass is 10.2. The molecule has 2 N–H and O–H groups in total. The van der Waals surface area contributed by atoms with E-state index in [4.69, 9.17) is 0 Å². The summed E-state index contributed by atoms with van der Waals surface area (Å²) in [7, 11) is 0. The zero-order valence-corrected chi connectivity index (χ0v) is 17.8. The van der Waals surface area contributed by atoms with Crippen molar-refractivity contribution in [1.82, 2.24) is 10.2 Å². The molecule has 1 fully saturated rings. The highest BCUT2D eigenvalue weighted by molar-refractivity contribution is 6.39. The van der Waals surface area contributed by atoms with E-state index in [-0.39, 0.29) is 17.2 Å². The normalized spacial score (nSPS) is 14.1. The number of nitro groups is 1. The van der Waals surface area contributed by atoms with Gasteiger partial charge < -0.3 is 15.5 Å². The fourth-order valence-electron chi connectivity index (χ4n) is 3.54. The monoisotopic (exact) mass is 443 g/mol. The average Bonchev–Trinajstić information content (AvgIpc) is 2.78. The van der Waals surface area contributed by atoms with Gasteiger partial charge in [0.2, 0.25) is 0 Å². The van der Waals surface area contributed by atoms with Crippen molar-refractivity contribution < 1.29 is 18.9 Å².